The summed E-state index contributed by atoms with van der Waals surface area (Å²) in [5.41, 5.74) is 4.40. The number of halogens is 1. The van der Waals surface area contributed by atoms with E-state index in [0.717, 1.165) is 43.8 Å². The van der Waals surface area contributed by atoms with Gasteiger partial charge in [0.1, 0.15) is 24.1 Å². The molecule has 0 aromatic carbocycles. The molecule has 3 aromatic rings. The Kier molecular flexibility index (Phi) is 6.57. The molecular weight excluding hydrogens is 488 g/mol. The molecule has 0 radical (unpaired) electrons. The lowest BCUT2D eigenvalue weighted by Gasteiger charge is -2.15. The molecule has 1 aliphatic carbocycles. The number of aryl methyl sites for hydroxylation is 1. The summed E-state index contributed by atoms with van der Waals surface area (Å²) >= 11 is 6.56. The number of aliphatic hydroxyl groups excluding tert-OH is 1. The number of imidazole rings is 1. The van der Waals surface area contributed by atoms with Crippen LogP contribution in [0.2, 0.25) is 5.02 Å². The van der Waals surface area contributed by atoms with Crippen molar-refractivity contribution >= 4 is 34.3 Å². The third kappa shape index (κ3) is 4.57. The molecule has 4 N–H and O–H groups in total. The van der Waals surface area contributed by atoms with Crippen LogP contribution in [0.5, 0.6) is 6.01 Å². The number of pyridine rings is 2. The molecule has 0 amide bonds. The molecule has 0 bridgehead atoms. The Morgan fingerprint density at radius 3 is 3.00 bits per heavy atom. The Labute approximate surface area is 212 Å². The summed E-state index contributed by atoms with van der Waals surface area (Å²) in [5, 5.41) is 17.3. The summed E-state index contributed by atoms with van der Waals surface area (Å²) in [5.74, 6) is 0.551. The second kappa shape index (κ2) is 9.98. The van der Waals surface area contributed by atoms with Crippen molar-refractivity contribution in [3.63, 3.8) is 0 Å². The predicted molar refractivity (Wildman–Crippen MR) is 133 cm³/mol. The highest BCUT2D eigenvalue weighted by Gasteiger charge is 2.48. The maximum absolute atomic E-state index is 9.93. The Morgan fingerprint density at radius 2 is 2.11 bits per heavy atom. The first kappa shape index (κ1) is 23.7. The lowest BCUT2D eigenvalue weighted by atomic mass is 10.1. The molecule has 3 aromatic heterocycles. The largest absolute Gasteiger partial charge is 0.456 e. The quantitative estimate of drug-likeness (QED) is 0.314. The van der Waals surface area contributed by atoms with E-state index in [1.54, 1.807) is 13.2 Å². The predicted octanol–water partition coefficient (Wildman–Crippen LogP) is 2.46. The summed E-state index contributed by atoms with van der Waals surface area (Å²) in [6.45, 7) is 2.14. The highest BCUT2D eigenvalue weighted by Crippen LogP contribution is 2.36. The van der Waals surface area contributed by atoms with E-state index in [9.17, 15) is 5.11 Å². The smallest absolute Gasteiger partial charge is 0.296 e. The molecule has 2 aliphatic heterocycles. The Bertz CT molecular complexity index is 1240. The minimum atomic E-state index is -0.632. The van der Waals surface area contributed by atoms with Crippen molar-refractivity contribution in [2.75, 3.05) is 44.1 Å². The van der Waals surface area contributed by atoms with Gasteiger partial charge in [0, 0.05) is 20.3 Å². The number of hydrogen-bond acceptors (Lipinski definition) is 10. The monoisotopic (exact) mass is 516 g/mol. The second-order valence-corrected chi connectivity index (χ2v) is 9.74. The number of ether oxygens (including phenoxy) is 4. The minimum Gasteiger partial charge on any atom is -0.456 e. The van der Waals surface area contributed by atoms with E-state index in [2.05, 4.69) is 31.7 Å². The number of hydrogen-bond donors (Lipinski definition) is 4. The molecule has 6 rings (SSSR count). The van der Waals surface area contributed by atoms with E-state index >= 15 is 0 Å². The van der Waals surface area contributed by atoms with Crippen LogP contribution in [0.15, 0.2) is 18.3 Å². The van der Waals surface area contributed by atoms with Crippen molar-refractivity contribution in [1.82, 2.24) is 19.9 Å². The van der Waals surface area contributed by atoms with Gasteiger partial charge in [0.15, 0.2) is 11.8 Å². The van der Waals surface area contributed by atoms with Gasteiger partial charge < -0.3 is 39.7 Å². The number of rotatable bonds is 9. The van der Waals surface area contributed by atoms with Gasteiger partial charge in [-0.2, -0.15) is 4.98 Å². The third-order valence-corrected chi connectivity index (χ3v) is 7.14. The van der Waals surface area contributed by atoms with Crippen LogP contribution in [0.4, 0.5) is 11.5 Å². The van der Waals surface area contributed by atoms with Gasteiger partial charge in [-0.3, -0.25) is 4.98 Å². The molecule has 0 saturated carbocycles. The van der Waals surface area contributed by atoms with Crippen LogP contribution in [0.25, 0.3) is 11.2 Å². The van der Waals surface area contributed by atoms with Gasteiger partial charge >= 0.3 is 0 Å². The van der Waals surface area contributed by atoms with Gasteiger partial charge in [-0.1, -0.05) is 11.6 Å². The third-order valence-electron chi connectivity index (χ3n) is 6.85. The Hall–Kier alpha value is -2.70. The number of aromatic amines is 1. The van der Waals surface area contributed by atoms with Crippen molar-refractivity contribution in [2.45, 2.75) is 49.7 Å². The van der Waals surface area contributed by atoms with E-state index < -0.39 is 6.10 Å². The number of H-pyrrole nitrogens is 1. The van der Waals surface area contributed by atoms with E-state index in [1.165, 1.54) is 5.56 Å². The first-order valence-electron chi connectivity index (χ1n) is 12.2. The van der Waals surface area contributed by atoms with Gasteiger partial charge in [-0.15, -0.1) is 0 Å². The molecule has 11 nitrogen and oxygen atoms in total. The molecule has 5 atom stereocenters. The van der Waals surface area contributed by atoms with Crippen LogP contribution in [0.3, 0.4) is 0 Å². The molecule has 5 heterocycles. The fourth-order valence-corrected chi connectivity index (χ4v) is 5.27. The lowest BCUT2D eigenvalue weighted by Crippen LogP contribution is -2.34. The van der Waals surface area contributed by atoms with Gasteiger partial charge in [0.05, 0.1) is 47.4 Å². The highest BCUT2D eigenvalue weighted by atomic mass is 35.5. The van der Waals surface area contributed by atoms with Crippen molar-refractivity contribution in [3.05, 3.63) is 34.6 Å². The van der Waals surface area contributed by atoms with E-state index in [-0.39, 0.29) is 31.0 Å². The Balaban J connectivity index is 1.14. The van der Waals surface area contributed by atoms with Crippen LogP contribution >= 0.6 is 11.6 Å². The Morgan fingerprint density at radius 1 is 1.22 bits per heavy atom. The first-order valence-corrected chi connectivity index (χ1v) is 12.6. The topological polar surface area (TPSA) is 136 Å². The number of nitrogens with one attached hydrogen (secondary N) is 3. The van der Waals surface area contributed by atoms with Crippen LogP contribution in [-0.2, 0) is 20.6 Å². The summed E-state index contributed by atoms with van der Waals surface area (Å²) in [7, 11) is 1.71. The lowest BCUT2D eigenvalue weighted by molar-refractivity contribution is 0.00706. The fourth-order valence-electron chi connectivity index (χ4n) is 5.06. The molecule has 0 spiro atoms. The molecule has 1 unspecified atom stereocenters. The first-order chi connectivity index (χ1) is 17.6. The van der Waals surface area contributed by atoms with Crippen molar-refractivity contribution in [1.29, 1.82) is 0 Å². The molecule has 192 valence electrons. The summed E-state index contributed by atoms with van der Waals surface area (Å²) in [4.78, 5) is 17.0. The zero-order chi connectivity index (χ0) is 24.6. The van der Waals surface area contributed by atoms with Gasteiger partial charge in [-0.25, -0.2) is 4.98 Å². The highest BCUT2D eigenvalue weighted by molar-refractivity contribution is 6.33. The van der Waals surface area contributed by atoms with E-state index in [4.69, 9.17) is 35.5 Å². The number of methoxy groups -OCH3 is 1. The average molecular weight is 517 g/mol. The zero-order valence-electron chi connectivity index (χ0n) is 19.9. The number of aliphatic hydroxyl groups is 1. The number of fused-ring (bicyclic) bond motifs is 3. The van der Waals surface area contributed by atoms with Crippen LogP contribution in [0.1, 0.15) is 30.1 Å². The molecular formula is C24H29ClN6O5. The normalized spacial score (nSPS) is 26.8. The standard InChI is InChI=1S/C24H29ClN6O5/c1-33-6-2-5-26-13-7-12-3-4-15(19(12)27-9-13)28-22-14(25)8-16-23(30-22)31-24(29-16)36-18-11-35-20-17(32)10-34-21(18)20/h7-9,15,17-18,20-21,26,32H,2-6,10-11H2,1H3,(H2,28,29,30,31)/t15?,17-,18-,20-,21-/m1/s1. The molecule has 2 saturated heterocycles. The van der Waals surface area contributed by atoms with Crippen LogP contribution in [0, 0.1) is 0 Å². The van der Waals surface area contributed by atoms with Gasteiger partial charge in [-0.05, 0) is 37.0 Å². The summed E-state index contributed by atoms with van der Waals surface area (Å²) in [6.07, 6.45) is 2.95. The zero-order valence-corrected chi connectivity index (χ0v) is 20.6. The SMILES string of the molecule is COCCCNc1cnc2c(c1)CCC2Nc1nc2nc(O[C@@H]3CO[C@H]4[C@@H]3OC[C@H]4O)[nH]c2cc1Cl. The molecule has 12 heteroatoms. The summed E-state index contributed by atoms with van der Waals surface area (Å²) < 4.78 is 22.3. The maximum Gasteiger partial charge on any atom is 0.296 e. The van der Waals surface area contributed by atoms with Crippen molar-refractivity contribution in [3.8, 4) is 6.01 Å². The molecule has 36 heavy (non-hydrogen) atoms. The van der Waals surface area contributed by atoms with Gasteiger partial charge in [0.25, 0.3) is 6.01 Å². The number of anilines is 2. The van der Waals surface area contributed by atoms with Crippen molar-refractivity contribution in [2.24, 2.45) is 0 Å². The van der Waals surface area contributed by atoms with Crippen molar-refractivity contribution < 1.29 is 24.1 Å². The average Bonchev–Trinajstić information content (AvgIpc) is 3.64. The van der Waals surface area contributed by atoms with E-state index in [1.807, 2.05) is 6.20 Å². The second-order valence-electron chi connectivity index (χ2n) is 9.33. The fraction of sp³-hybridized carbons (Fsp3) is 0.542. The number of aromatic nitrogens is 4. The van der Waals surface area contributed by atoms with Crippen LogP contribution < -0.4 is 15.4 Å². The summed E-state index contributed by atoms with van der Waals surface area (Å²) in [6, 6.07) is 4.27. The van der Waals surface area contributed by atoms with E-state index in [0.29, 0.717) is 34.6 Å². The molecule has 2 fully saturated rings. The molecule has 3 aliphatic rings. The number of nitrogens with zero attached hydrogens (tertiary/aromatic N) is 3. The van der Waals surface area contributed by atoms with Gasteiger partial charge in [0.2, 0.25) is 0 Å². The minimum absolute atomic E-state index is 0.0122. The maximum atomic E-state index is 9.93. The van der Waals surface area contributed by atoms with Crippen LogP contribution in [-0.4, -0.2) is 82.9 Å².